The van der Waals surface area contributed by atoms with E-state index in [0.717, 1.165) is 12.0 Å². The molecule has 0 aliphatic rings. The van der Waals surface area contributed by atoms with Gasteiger partial charge >= 0.3 is 0 Å². The number of hydrogen-bond acceptors (Lipinski definition) is 2. The summed E-state index contributed by atoms with van der Waals surface area (Å²) in [6, 6.07) is 10.0. The molecule has 0 aliphatic carbocycles. The molecule has 3 N–H and O–H groups in total. The van der Waals surface area contributed by atoms with E-state index in [1.807, 2.05) is 37.3 Å². The van der Waals surface area contributed by atoms with Crippen molar-refractivity contribution in [3.8, 4) is 0 Å². The molecule has 0 bridgehead atoms. The van der Waals surface area contributed by atoms with Crippen LogP contribution in [0.3, 0.4) is 0 Å². The molecule has 1 aromatic carbocycles. The highest BCUT2D eigenvalue weighted by Gasteiger charge is 2.33. The minimum Gasteiger partial charge on any atom is -0.392 e. The Labute approximate surface area is 85.8 Å². The summed E-state index contributed by atoms with van der Waals surface area (Å²) in [5, 5.41) is 9.84. The fourth-order valence-electron chi connectivity index (χ4n) is 1.94. The normalized spacial score (nSPS) is 17.4. The molecule has 0 spiro atoms. The minimum atomic E-state index is -0.417. The van der Waals surface area contributed by atoms with Gasteiger partial charge in [0.2, 0.25) is 0 Å². The van der Waals surface area contributed by atoms with Gasteiger partial charge in [0.15, 0.2) is 0 Å². The standard InChI is InChI=1S/C12H19NO/c1-3-12(9-13,10(2)14)11-7-5-4-6-8-11/h4-8,10,14H,3,9,13H2,1-2H3. The number of benzene rings is 1. The third-order valence-corrected chi connectivity index (χ3v) is 3.14. The average molecular weight is 193 g/mol. The molecule has 0 fully saturated rings. The Kier molecular flexibility index (Phi) is 3.67. The van der Waals surface area contributed by atoms with Gasteiger partial charge in [0.05, 0.1) is 6.10 Å². The predicted octanol–water partition coefficient (Wildman–Crippen LogP) is 1.67. The summed E-state index contributed by atoms with van der Waals surface area (Å²) >= 11 is 0. The second-order valence-electron chi connectivity index (χ2n) is 3.76. The van der Waals surface area contributed by atoms with Gasteiger partial charge in [0.1, 0.15) is 0 Å². The van der Waals surface area contributed by atoms with E-state index >= 15 is 0 Å². The Balaban J connectivity index is 3.11. The molecule has 0 saturated heterocycles. The SMILES string of the molecule is CCC(CN)(c1ccccc1)C(C)O. The average Bonchev–Trinajstić information content (AvgIpc) is 2.22. The van der Waals surface area contributed by atoms with Crippen molar-refractivity contribution in [2.75, 3.05) is 6.54 Å². The molecule has 2 heteroatoms. The maximum atomic E-state index is 9.84. The maximum Gasteiger partial charge on any atom is 0.0620 e. The van der Waals surface area contributed by atoms with Crippen LogP contribution in [0.4, 0.5) is 0 Å². The summed E-state index contributed by atoms with van der Waals surface area (Å²) in [4.78, 5) is 0. The Morgan fingerprint density at radius 2 is 1.93 bits per heavy atom. The van der Waals surface area contributed by atoms with Crippen LogP contribution in [0.25, 0.3) is 0 Å². The molecule has 0 aromatic heterocycles. The third-order valence-electron chi connectivity index (χ3n) is 3.14. The highest BCUT2D eigenvalue weighted by Crippen LogP contribution is 2.30. The molecule has 2 unspecified atom stereocenters. The molecule has 78 valence electrons. The van der Waals surface area contributed by atoms with Crippen molar-refractivity contribution in [2.45, 2.75) is 31.8 Å². The molecule has 0 saturated carbocycles. The molecule has 2 nitrogen and oxygen atoms in total. The molecule has 0 amide bonds. The second-order valence-corrected chi connectivity index (χ2v) is 3.76. The van der Waals surface area contributed by atoms with Crippen LogP contribution in [0.5, 0.6) is 0 Å². The lowest BCUT2D eigenvalue weighted by Crippen LogP contribution is -2.44. The van der Waals surface area contributed by atoms with Crippen molar-refractivity contribution in [3.05, 3.63) is 35.9 Å². The first kappa shape index (κ1) is 11.2. The van der Waals surface area contributed by atoms with Gasteiger partial charge in [-0.2, -0.15) is 0 Å². The van der Waals surface area contributed by atoms with E-state index in [9.17, 15) is 5.11 Å². The number of aliphatic hydroxyl groups is 1. The summed E-state index contributed by atoms with van der Waals surface area (Å²) in [6.07, 6.45) is 0.436. The lowest BCUT2D eigenvalue weighted by Gasteiger charge is -2.35. The van der Waals surface area contributed by atoms with E-state index < -0.39 is 6.10 Å². The number of aliphatic hydroxyl groups excluding tert-OH is 1. The van der Waals surface area contributed by atoms with Crippen molar-refractivity contribution in [3.63, 3.8) is 0 Å². The summed E-state index contributed by atoms with van der Waals surface area (Å²) in [5.74, 6) is 0. The van der Waals surface area contributed by atoms with E-state index in [-0.39, 0.29) is 5.41 Å². The highest BCUT2D eigenvalue weighted by molar-refractivity contribution is 5.27. The maximum absolute atomic E-state index is 9.84. The van der Waals surface area contributed by atoms with Crippen molar-refractivity contribution in [1.29, 1.82) is 0 Å². The Morgan fingerprint density at radius 3 is 2.29 bits per heavy atom. The monoisotopic (exact) mass is 193 g/mol. The van der Waals surface area contributed by atoms with Crippen LogP contribution < -0.4 is 5.73 Å². The van der Waals surface area contributed by atoms with Crippen molar-refractivity contribution >= 4 is 0 Å². The predicted molar refractivity (Wildman–Crippen MR) is 59.1 cm³/mol. The number of nitrogens with two attached hydrogens (primary N) is 1. The molecule has 0 heterocycles. The zero-order chi connectivity index (χ0) is 10.6. The molecule has 2 atom stereocenters. The van der Waals surface area contributed by atoms with Crippen molar-refractivity contribution in [2.24, 2.45) is 5.73 Å². The Morgan fingerprint density at radius 1 is 1.36 bits per heavy atom. The number of rotatable bonds is 4. The van der Waals surface area contributed by atoms with E-state index in [4.69, 9.17) is 5.73 Å². The smallest absolute Gasteiger partial charge is 0.0620 e. The van der Waals surface area contributed by atoms with Gasteiger partial charge in [0.25, 0.3) is 0 Å². The molecule has 1 rings (SSSR count). The zero-order valence-electron chi connectivity index (χ0n) is 8.90. The van der Waals surface area contributed by atoms with Crippen LogP contribution in [0.1, 0.15) is 25.8 Å². The van der Waals surface area contributed by atoms with Crippen LogP contribution in [0.2, 0.25) is 0 Å². The highest BCUT2D eigenvalue weighted by atomic mass is 16.3. The fourth-order valence-corrected chi connectivity index (χ4v) is 1.94. The van der Waals surface area contributed by atoms with Gasteiger partial charge in [0, 0.05) is 12.0 Å². The molecular formula is C12H19NO. The largest absolute Gasteiger partial charge is 0.392 e. The quantitative estimate of drug-likeness (QED) is 0.764. The topological polar surface area (TPSA) is 46.2 Å². The first-order chi connectivity index (χ1) is 6.67. The van der Waals surface area contributed by atoms with E-state index in [2.05, 4.69) is 6.92 Å². The number of hydrogen-bond donors (Lipinski definition) is 2. The lowest BCUT2D eigenvalue weighted by molar-refractivity contribution is 0.0975. The van der Waals surface area contributed by atoms with Crippen molar-refractivity contribution in [1.82, 2.24) is 0 Å². The van der Waals surface area contributed by atoms with Gasteiger partial charge in [-0.3, -0.25) is 0 Å². The van der Waals surface area contributed by atoms with Crippen LogP contribution in [-0.4, -0.2) is 17.8 Å². The molecule has 0 radical (unpaired) electrons. The fraction of sp³-hybridized carbons (Fsp3) is 0.500. The van der Waals surface area contributed by atoms with Gasteiger partial charge < -0.3 is 10.8 Å². The van der Waals surface area contributed by atoms with E-state index in [1.54, 1.807) is 0 Å². The lowest BCUT2D eigenvalue weighted by atomic mass is 9.74. The van der Waals surface area contributed by atoms with Gasteiger partial charge in [-0.25, -0.2) is 0 Å². The summed E-state index contributed by atoms with van der Waals surface area (Å²) in [7, 11) is 0. The summed E-state index contributed by atoms with van der Waals surface area (Å²) < 4.78 is 0. The van der Waals surface area contributed by atoms with E-state index in [1.165, 1.54) is 0 Å². The second kappa shape index (κ2) is 4.58. The first-order valence-electron chi connectivity index (χ1n) is 5.11. The zero-order valence-corrected chi connectivity index (χ0v) is 8.90. The molecule has 1 aromatic rings. The van der Waals surface area contributed by atoms with Gasteiger partial charge in [-0.1, -0.05) is 37.3 Å². The Hall–Kier alpha value is -0.860. The Bertz CT molecular complexity index is 265. The molecular weight excluding hydrogens is 174 g/mol. The van der Waals surface area contributed by atoms with E-state index in [0.29, 0.717) is 6.54 Å². The summed E-state index contributed by atoms with van der Waals surface area (Å²) in [6.45, 7) is 4.35. The van der Waals surface area contributed by atoms with Crippen LogP contribution in [0.15, 0.2) is 30.3 Å². The van der Waals surface area contributed by atoms with Gasteiger partial charge in [-0.15, -0.1) is 0 Å². The van der Waals surface area contributed by atoms with Crippen molar-refractivity contribution < 1.29 is 5.11 Å². The van der Waals surface area contributed by atoms with Crippen LogP contribution in [-0.2, 0) is 5.41 Å². The molecule has 14 heavy (non-hydrogen) atoms. The third kappa shape index (κ3) is 1.81. The summed E-state index contributed by atoms with van der Waals surface area (Å²) in [5.41, 5.74) is 6.63. The molecule has 0 aliphatic heterocycles. The minimum absolute atomic E-state index is 0.290. The van der Waals surface area contributed by atoms with Crippen LogP contribution >= 0.6 is 0 Å². The first-order valence-corrected chi connectivity index (χ1v) is 5.11. The van der Waals surface area contributed by atoms with Gasteiger partial charge in [-0.05, 0) is 18.9 Å². The van der Waals surface area contributed by atoms with Crippen LogP contribution in [0, 0.1) is 0 Å².